The van der Waals surface area contributed by atoms with Gasteiger partial charge in [-0.1, -0.05) is 6.07 Å². The Morgan fingerprint density at radius 3 is 2.64 bits per heavy atom. The zero-order chi connectivity index (χ0) is 16.5. The molecule has 0 spiro atoms. The molecular weight excluding hydrogens is 299 g/mol. The smallest absolute Gasteiger partial charge is 0.416 e. The summed E-state index contributed by atoms with van der Waals surface area (Å²) in [6.45, 7) is 3.57. The molecule has 22 heavy (non-hydrogen) atoms. The number of anilines is 1. The Balaban J connectivity index is 2.29. The minimum Gasteiger partial charge on any atom is -0.422 e. The lowest BCUT2D eigenvalue weighted by Crippen LogP contribution is -2.18. The van der Waals surface area contributed by atoms with Crippen LogP contribution < -0.4 is 10.5 Å². The summed E-state index contributed by atoms with van der Waals surface area (Å²) in [7, 11) is 0. The van der Waals surface area contributed by atoms with Crippen LogP contribution in [0.1, 0.15) is 35.9 Å². The fraction of sp³-hybridized carbons (Fsp3) is 0.286. The fourth-order valence-corrected chi connectivity index (χ4v) is 1.87. The maximum absolute atomic E-state index is 12.6. The van der Waals surface area contributed by atoms with E-state index in [4.69, 9.17) is 10.5 Å². The lowest BCUT2D eigenvalue weighted by atomic mass is 10.2. The zero-order valence-corrected chi connectivity index (χ0v) is 11.9. The highest BCUT2D eigenvalue weighted by Crippen LogP contribution is 2.31. The number of carbonyl (C=O) groups excluding carboxylic acids is 1. The Labute approximate surface area is 124 Å². The van der Waals surface area contributed by atoms with Gasteiger partial charge in [-0.15, -0.1) is 0 Å². The van der Waals surface area contributed by atoms with Gasteiger partial charge in [0.15, 0.2) is 5.69 Å². The summed E-state index contributed by atoms with van der Waals surface area (Å²) in [6, 6.07) is 3.92. The second-order valence-electron chi connectivity index (χ2n) is 4.90. The highest BCUT2D eigenvalue weighted by Gasteiger charge is 2.31. The van der Waals surface area contributed by atoms with Gasteiger partial charge in [0.05, 0.1) is 17.4 Å². The van der Waals surface area contributed by atoms with Crippen LogP contribution >= 0.6 is 0 Å². The Bertz CT molecular complexity index is 693. The van der Waals surface area contributed by atoms with Crippen LogP contribution in [0.25, 0.3) is 0 Å². The van der Waals surface area contributed by atoms with Gasteiger partial charge >= 0.3 is 12.1 Å². The van der Waals surface area contributed by atoms with Gasteiger partial charge in [0.25, 0.3) is 0 Å². The summed E-state index contributed by atoms with van der Waals surface area (Å²) >= 11 is 0. The number of ether oxygens (including phenoxy) is 1. The normalized spacial score (nSPS) is 11.7. The van der Waals surface area contributed by atoms with Gasteiger partial charge in [-0.05, 0) is 32.0 Å². The van der Waals surface area contributed by atoms with Crippen LogP contribution in [0.15, 0.2) is 30.5 Å². The van der Waals surface area contributed by atoms with E-state index in [1.54, 1.807) is 13.8 Å². The molecule has 0 fully saturated rings. The summed E-state index contributed by atoms with van der Waals surface area (Å²) in [6.07, 6.45) is -3.22. The van der Waals surface area contributed by atoms with Crippen molar-refractivity contribution >= 4 is 11.7 Å². The van der Waals surface area contributed by atoms with Gasteiger partial charge in [-0.3, -0.25) is 4.68 Å². The van der Waals surface area contributed by atoms with E-state index in [1.807, 2.05) is 0 Å². The van der Waals surface area contributed by atoms with E-state index in [0.717, 1.165) is 18.2 Å². The van der Waals surface area contributed by atoms with Gasteiger partial charge < -0.3 is 10.5 Å². The minimum absolute atomic E-state index is 0.00686. The number of nitrogens with two attached hydrogens (primary N) is 1. The Morgan fingerprint density at radius 2 is 2.05 bits per heavy atom. The van der Waals surface area contributed by atoms with E-state index >= 15 is 0 Å². The van der Waals surface area contributed by atoms with Crippen molar-refractivity contribution in [2.45, 2.75) is 26.1 Å². The molecule has 0 radical (unpaired) electrons. The van der Waals surface area contributed by atoms with Crippen molar-refractivity contribution in [1.82, 2.24) is 9.78 Å². The quantitative estimate of drug-likeness (QED) is 0.697. The predicted molar refractivity (Wildman–Crippen MR) is 73.4 cm³/mol. The van der Waals surface area contributed by atoms with Crippen molar-refractivity contribution in [3.05, 3.63) is 41.7 Å². The topological polar surface area (TPSA) is 70.1 Å². The van der Waals surface area contributed by atoms with Crippen LogP contribution in [0.5, 0.6) is 5.75 Å². The number of alkyl halides is 3. The highest BCUT2D eigenvalue weighted by atomic mass is 19.4. The first-order valence-corrected chi connectivity index (χ1v) is 6.42. The second kappa shape index (κ2) is 5.70. The maximum Gasteiger partial charge on any atom is 0.416 e. The maximum atomic E-state index is 12.6. The molecule has 1 aromatic heterocycles. The number of rotatable bonds is 3. The van der Waals surface area contributed by atoms with Crippen LogP contribution in [0.3, 0.4) is 0 Å². The minimum atomic E-state index is -4.51. The van der Waals surface area contributed by atoms with Crippen LogP contribution in [-0.4, -0.2) is 15.7 Å². The third kappa shape index (κ3) is 3.21. The van der Waals surface area contributed by atoms with Crippen molar-refractivity contribution in [3.8, 4) is 5.75 Å². The first kappa shape index (κ1) is 15.9. The zero-order valence-electron chi connectivity index (χ0n) is 11.9. The molecule has 0 atom stereocenters. The molecule has 1 heterocycles. The van der Waals surface area contributed by atoms with Crippen molar-refractivity contribution in [2.24, 2.45) is 0 Å². The number of carbonyl (C=O) groups is 1. The molecule has 8 heteroatoms. The van der Waals surface area contributed by atoms with Crippen molar-refractivity contribution in [2.75, 3.05) is 5.73 Å². The molecule has 0 aliphatic heterocycles. The second-order valence-corrected chi connectivity index (χ2v) is 4.90. The molecule has 0 unspecified atom stereocenters. The van der Waals surface area contributed by atoms with E-state index in [0.29, 0.717) is 0 Å². The molecule has 2 rings (SSSR count). The molecule has 0 aliphatic rings. The molecule has 5 nitrogen and oxygen atoms in total. The number of aromatic nitrogens is 2. The van der Waals surface area contributed by atoms with E-state index in [2.05, 4.69) is 5.10 Å². The molecule has 0 saturated carbocycles. The molecule has 2 aromatic rings. The Kier molecular flexibility index (Phi) is 4.11. The van der Waals surface area contributed by atoms with E-state index in [1.165, 1.54) is 16.9 Å². The van der Waals surface area contributed by atoms with Crippen LogP contribution in [0, 0.1) is 0 Å². The van der Waals surface area contributed by atoms with Crippen LogP contribution in [0.2, 0.25) is 0 Å². The Hall–Kier alpha value is -2.51. The average molecular weight is 313 g/mol. The number of esters is 1. The van der Waals surface area contributed by atoms with E-state index in [-0.39, 0.29) is 23.2 Å². The molecule has 2 N–H and O–H groups in total. The van der Waals surface area contributed by atoms with E-state index < -0.39 is 17.7 Å². The summed E-state index contributed by atoms with van der Waals surface area (Å²) < 4.78 is 44.3. The standard InChI is InChI=1S/C14H14F3N3O2/c1-8(2)20-12(11(18)7-19-20)13(21)22-10-5-3-4-9(6-10)14(15,16)17/h3-8H,18H2,1-2H3. The van der Waals surface area contributed by atoms with Gasteiger partial charge in [0.2, 0.25) is 0 Å². The van der Waals surface area contributed by atoms with Gasteiger partial charge in [0.1, 0.15) is 5.75 Å². The first-order valence-electron chi connectivity index (χ1n) is 6.42. The molecule has 0 aliphatic carbocycles. The lowest BCUT2D eigenvalue weighted by molar-refractivity contribution is -0.137. The van der Waals surface area contributed by atoms with Crippen molar-refractivity contribution < 1.29 is 22.7 Å². The highest BCUT2D eigenvalue weighted by molar-refractivity contribution is 5.94. The molecule has 1 aromatic carbocycles. The summed E-state index contributed by atoms with van der Waals surface area (Å²) in [5.74, 6) is -1.07. The largest absolute Gasteiger partial charge is 0.422 e. The number of hydrogen-bond donors (Lipinski definition) is 1. The summed E-state index contributed by atoms with van der Waals surface area (Å²) in [5.41, 5.74) is 4.88. The number of hydrogen-bond acceptors (Lipinski definition) is 4. The summed E-state index contributed by atoms with van der Waals surface area (Å²) in [4.78, 5) is 12.1. The van der Waals surface area contributed by atoms with Crippen molar-refractivity contribution in [3.63, 3.8) is 0 Å². The third-order valence-electron chi connectivity index (χ3n) is 2.88. The monoisotopic (exact) mass is 313 g/mol. The average Bonchev–Trinajstić information content (AvgIpc) is 2.80. The van der Waals surface area contributed by atoms with Gasteiger partial charge in [0, 0.05) is 6.04 Å². The number of nitrogen functional groups attached to an aromatic ring is 1. The van der Waals surface area contributed by atoms with Crippen LogP contribution in [-0.2, 0) is 6.18 Å². The molecule has 0 saturated heterocycles. The first-order chi connectivity index (χ1) is 10.2. The fourth-order valence-electron chi connectivity index (χ4n) is 1.87. The Morgan fingerprint density at radius 1 is 1.36 bits per heavy atom. The van der Waals surface area contributed by atoms with Gasteiger partial charge in [-0.2, -0.15) is 18.3 Å². The molecule has 118 valence electrons. The number of benzene rings is 1. The molecular formula is C14H14F3N3O2. The van der Waals surface area contributed by atoms with Gasteiger partial charge in [-0.25, -0.2) is 4.79 Å². The van der Waals surface area contributed by atoms with Crippen LogP contribution in [0.4, 0.5) is 18.9 Å². The number of halogens is 3. The third-order valence-corrected chi connectivity index (χ3v) is 2.88. The molecule has 0 bridgehead atoms. The molecule has 0 amide bonds. The lowest BCUT2D eigenvalue weighted by Gasteiger charge is -2.12. The summed E-state index contributed by atoms with van der Waals surface area (Å²) in [5, 5.41) is 3.95. The van der Waals surface area contributed by atoms with Crippen molar-refractivity contribution in [1.29, 1.82) is 0 Å². The van der Waals surface area contributed by atoms with E-state index in [9.17, 15) is 18.0 Å². The predicted octanol–water partition coefficient (Wildman–Crippen LogP) is 3.28. The SMILES string of the molecule is CC(C)n1ncc(N)c1C(=O)Oc1cccc(C(F)(F)F)c1. The number of nitrogens with zero attached hydrogens (tertiary/aromatic N) is 2.